The van der Waals surface area contributed by atoms with Crippen LogP contribution >= 0.6 is 22.7 Å². The summed E-state index contributed by atoms with van der Waals surface area (Å²) in [5.74, 6) is 0. The van der Waals surface area contributed by atoms with Crippen LogP contribution in [0.5, 0.6) is 0 Å². The Kier molecular flexibility index (Phi) is 5.76. The Balaban J connectivity index is 1.42. The van der Waals surface area contributed by atoms with Crippen LogP contribution in [0.25, 0.3) is 73.7 Å². The minimum atomic E-state index is 0.676. The molecule has 2 heterocycles. The molecule has 0 saturated heterocycles. The highest BCUT2D eigenvalue weighted by Gasteiger charge is 2.19. The van der Waals surface area contributed by atoms with Gasteiger partial charge in [0.1, 0.15) is 0 Å². The van der Waals surface area contributed by atoms with Crippen LogP contribution < -0.4 is 0 Å². The van der Waals surface area contributed by atoms with Crippen molar-refractivity contribution in [1.29, 1.82) is 5.26 Å². The van der Waals surface area contributed by atoms with E-state index in [1.165, 1.54) is 79.3 Å². The largest absolute Gasteiger partial charge is 0.192 e. The molecule has 6 aromatic carbocycles. The lowest BCUT2D eigenvalue weighted by Gasteiger charge is -2.20. The Bertz CT molecular complexity index is 2260. The maximum atomic E-state index is 9.70. The maximum absolute atomic E-state index is 9.70. The predicted molar refractivity (Wildman–Crippen MR) is 183 cm³/mol. The van der Waals surface area contributed by atoms with Crippen molar-refractivity contribution in [3.8, 4) is 39.4 Å². The standard InChI is InChI=1S/C39H25NS2/c1-23-31(26-14-16-37-33(19-26)29-10-3-5-12-35(29)41-37)21-32(24(2)39(23)28-9-7-8-25(18-28)22-40)27-15-17-38-34(20-27)30-11-4-6-13-36(30)42-38/h3-21H,1-2H3. The minimum Gasteiger partial charge on any atom is -0.192 e. The van der Waals surface area contributed by atoms with Gasteiger partial charge in [-0.25, -0.2) is 0 Å². The van der Waals surface area contributed by atoms with Crippen LogP contribution in [0.3, 0.4) is 0 Å². The first kappa shape index (κ1) is 25.0. The van der Waals surface area contributed by atoms with Crippen molar-refractivity contribution in [2.45, 2.75) is 13.8 Å². The number of rotatable bonds is 3. The number of thiophene rings is 2. The molecule has 0 fully saturated rings. The van der Waals surface area contributed by atoms with Crippen molar-refractivity contribution >= 4 is 63.0 Å². The second-order valence-electron chi connectivity index (χ2n) is 10.9. The van der Waals surface area contributed by atoms with Crippen molar-refractivity contribution in [1.82, 2.24) is 0 Å². The lowest BCUT2D eigenvalue weighted by atomic mass is 9.84. The SMILES string of the molecule is Cc1c(-c2ccc3sc4ccccc4c3c2)cc(-c2ccc3sc4ccccc4c3c2)c(C)c1-c1cccc(C#N)c1. The van der Waals surface area contributed by atoms with Crippen molar-refractivity contribution in [2.24, 2.45) is 0 Å². The Hall–Kier alpha value is -4.75. The van der Waals surface area contributed by atoms with Crippen LogP contribution in [0.15, 0.2) is 115 Å². The molecule has 8 aromatic rings. The summed E-state index contributed by atoms with van der Waals surface area (Å²) in [5.41, 5.74) is 10.3. The average Bonchev–Trinajstić information content (AvgIpc) is 3.59. The quantitative estimate of drug-likeness (QED) is 0.207. The summed E-state index contributed by atoms with van der Waals surface area (Å²) < 4.78 is 5.25. The molecule has 0 atom stereocenters. The molecule has 42 heavy (non-hydrogen) atoms. The summed E-state index contributed by atoms with van der Waals surface area (Å²) in [4.78, 5) is 0. The molecule has 1 nitrogen and oxygen atoms in total. The molecule has 8 rings (SSSR count). The van der Waals surface area contributed by atoms with E-state index in [2.05, 4.69) is 117 Å². The zero-order chi connectivity index (χ0) is 28.4. The lowest BCUT2D eigenvalue weighted by Crippen LogP contribution is -1.97. The van der Waals surface area contributed by atoms with E-state index in [4.69, 9.17) is 0 Å². The highest BCUT2D eigenvalue weighted by Crippen LogP contribution is 2.44. The average molecular weight is 572 g/mol. The van der Waals surface area contributed by atoms with Crippen molar-refractivity contribution in [3.63, 3.8) is 0 Å². The van der Waals surface area contributed by atoms with Gasteiger partial charge >= 0.3 is 0 Å². The van der Waals surface area contributed by atoms with Crippen LogP contribution in [0.2, 0.25) is 0 Å². The Labute approximate surface area is 252 Å². The van der Waals surface area contributed by atoms with Crippen molar-refractivity contribution in [3.05, 3.63) is 132 Å². The fourth-order valence-electron chi connectivity index (χ4n) is 6.48. The van der Waals surface area contributed by atoms with E-state index >= 15 is 0 Å². The summed E-state index contributed by atoms with van der Waals surface area (Å²) >= 11 is 3.70. The van der Waals surface area contributed by atoms with E-state index in [1.807, 2.05) is 40.9 Å². The number of benzene rings is 6. The third-order valence-corrected chi connectivity index (χ3v) is 10.8. The van der Waals surface area contributed by atoms with Crippen LogP contribution in [0.4, 0.5) is 0 Å². The highest BCUT2D eigenvalue weighted by atomic mass is 32.1. The van der Waals surface area contributed by atoms with E-state index in [1.54, 1.807) is 0 Å². The van der Waals surface area contributed by atoms with Gasteiger partial charge in [-0.2, -0.15) is 5.26 Å². The van der Waals surface area contributed by atoms with Crippen LogP contribution in [-0.2, 0) is 0 Å². The highest BCUT2D eigenvalue weighted by molar-refractivity contribution is 7.26. The smallest absolute Gasteiger partial charge is 0.0991 e. The van der Waals surface area contributed by atoms with Gasteiger partial charge in [0.2, 0.25) is 0 Å². The van der Waals surface area contributed by atoms with Crippen molar-refractivity contribution in [2.75, 3.05) is 0 Å². The monoisotopic (exact) mass is 571 g/mol. The lowest BCUT2D eigenvalue weighted by molar-refractivity contribution is 1.37. The van der Waals surface area contributed by atoms with E-state index < -0.39 is 0 Å². The molecule has 2 aromatic heterocycles. The first-order chi connectivity index (χ1) is 20.6. The zero-order valence-corrected chi connectivity index (χ0v) is 24.9. The molecular weight excluding hydrogens is 547 g/mol. The van der Waals surface area contributed by atoms with Gasteiger partial charge in [-0.3, -0.25) is 0 Å². The van der Waals surface area contributed by atoms with E-state index in [0.29, 0.717) is 5.56 Å². The van der Waals surface area contributed by atoms with Gasteiger partial charge in [-0.1, -0.05) is 60.7 Å². The summed E-state index contributed by atoms with van der Waals surface area (Å²) in [5, 5.41) is 14.9. The third kappa shape index (κ3) is 3.88. The molecule has 0 amide bonds. The van der Waals surface area contributed by atoms with Gasteiger partial charge in [0.15, 0.2) is 0 Å². The molecule has 0 aliphatic rings. The molecule has 3 heteroatoms. The van der Waals surface area contributed by atoms with E-state index in [0.717, 1.165) is 5.56 Å². The summed E-state index contributed by atoms with van der Waals surface area (Å²) in [7, 11) is 0. The number of fused-ring (bicyclic) bond motifs is 6. The number of hydrogen-bond acceptors (Lipinski definition) is 3. The van der Waals surface area contributed by atoms with Crippen LogP contribution in [0.1, 0.15) is 16.7 Å². The topological polar surface area (TPSA) is 23.8 Å². The Morgan fingerprint density at radius 3 is 1.55 bits per heavy atom. The molecule has 0 N–H and O–H groups in total. The first-order valence-electron chi connectivity index (χ1n) is 14.1. The summed E-state index contributed by atoms with van der Waals surface area (Å²) in [6.45, 7) is 4.46. The molecule has 0 radical (unpaired) electrons. The van der Waals surface area contributed by atoms with Gasteiger partial charge in [-0.05, 0) is 113 Å². The van der Waals surface area contributed by atoms with Crippen molar-refractivity contribution < 1.29 is 0 Å². The fourth-order valence-corrected chi connectivity index (χ4v) is 8.65. The molecule has 0 spiro atoms. The molecule has 198 valence electrons. The maximum Gasteiger partial charge on any atom is 0.0991 e. The first-order valence-corrected chi connectivity index (χ1v) is 15.7. The molecule has 0 saturated carbocycles. The summed E-state index contributed by atoms with van der Waals surface area (Å²) in [6.07, 6.45) is 0. The second-order valence-corrected chi connectivity index (χ2v) is 13.1. The minimum absolute atomic E-state index is 0.676. The third-order valence-electron chi connectivity index (χ3n) is 8.50. The van der Waals surface area contributed by atoms with Crippen LogP contribution in [-0.4, -0.2) is 0 Å². The fraction of sp³-hybridized carbons (Fsp3) is 0.0513. The van der Waals surface area contributed by atoms with E-state index in [9.17, 15) is 5.26 Å². The van der Waals surface area contributed by atoms with Gasteiger partial charge < -0.3 is 0 Å². The molecular formula is C39H25NS2. The van der Waals surface area contributed by atoms with E-state index in [-0.39, 0.29) is 0 Å². The summed E-state index contributed by atoms with van der Waals surface area (Å²) in [6, 6.07) is 43.9. The second kappa shape index (κ2) is 9.67. The molecule has 0 aliphatic carbocycles. The van der Waals surface area contributed by atoms with Crippen LogP contribution in [0, 0.1) is 25.2 Å². The Morgan fingerprint density at radius 1 is 0.476 bits per heavy atom. The zero-order valence-electron chi connectivity index (χ0n) is 23.2. The molecule has 0 unspecified atom stereocenters. The van der Waals surface area contributed by atoms with Gasteiger partial charge in [0, 0.05) is 40.3 Å². The Morgan fingerprint density at radius 2 is 1.00 bits per heavy atom. The van der Waals surface area contributed by atoms with Gasteiger partial charge in [0.05, 0.1) is 11.6 Å². The van der Waals surface area contributed by atoms with Gasteiger partial charge in [0.25, 0.3) is 0 Å². The number of nitrogens with zero attached hydrogens (tertiary/aromatic N) is 1. The molecule has 0 aliphatic heterocycles. The molecule has 0 bridgehead atoms. The van der Waals surface area contributed by atoms with Gasteiger partial charge in [-0.15, -0.1) is 22.7 Å². The predicted octanol–water partition coefficient (Wildman–Crippen LogP) is 11.9. The number of nitriles is 1. The number of hydrogen-bond donors (Lipinski definition) is 0. The normalized spacial score (nSPS) is 11.5.